The lowest BCUT2D eigenvalue weighted by atomic mass is 9.80. The Kier molecular flexibility index (Phi) is 15.8. The van der Waals surface area contributed by atoms with Crippen molar-refractivity contribution in [3.63, 3.8) is 0 Å². The Morgan fingerprint density at radius 1 is 1.02 bits per heavy atom. The molecule has 0 bridgehead atoms. The van der Waals surface area contributed by atoms with Gasteiger partial charge in [0.2, 0.25) is 17.6 Å². The number of Topliss-reactive ketones (excluding diaryl/α,β-unsaturated/α-hetero) is 1. The largest absolute Gasteiger partial charge is 0.375 e. The number of nitrogens with one attached hydrogen (secondary N) is 4. The van der Waals surface area contributed by atoms with Crippen molar-refractivity contribution in [2.24, 2.45) is 11.3 Å². The van der Waals surface area contributed by atoms with Crippen LogP contribution in [0.15, 0.2) is 24.0 Å². The van der Waals surface area contributed by atoms with Crippen LogP contribution in [0.5, 0.6) is 0 Å². The fraction of sp³-hybridized carbons (Fsp3) is 0.750. The van der Waals surface area contributed by atoms with Crippen LogP contribution in [0.2, 0.25) is 0 Å². The molecule has 0 radical (unpaired) electrons. The molecule has 234 valence electrons. The Morgan fingerprint density at radius 2 is 1.63 bits per heavy atom. The van der Waals surface area contributed by atoms with Crippen LogP contribution in [-0.2, 0) is 19.2 Å². The van der Waals surface area contributed by atoms with E-state index in [2.05, 4.69) is 41.7 Å². The number of rotatable bonds is 12. The van der Waals surface area contributed by atoms with Gasteiger partial charge in [-0.25, -0.2) is 0 Å². The van der Waals surface area contributed by atoms with Gasteiger partial charge in [-0.3, -0.25) is 19.2 Å². The number of nitrogens with zero attached hydrogens (tertiary/aromatic N) is 1. The lowest BCUT2D eigenvalue weighted by Gasteiger charge is -2.37. The standard InChI is InChI=1S/C27H43N5O4.C3H8.C2H6/c1-6-14-29-25(35)21(33)19(16-17-9-7-10-17)30-24(34)20-11-8-15-32(20)26(36)22(27(2,3)4)31-23(28-5)18-12-13-18;1-3-2;1-2/h6,17,19-20,22,28,31H,1,7-16H2,2-5H3,(H,29,35)(H,30,34);3H2,1-2H3;1-2H3. The average Bonchev–Trinajstić information content (AvgIpc) is 3.63. The van der Waals surface area contributed by atoms with E-state index in [1.54, 1.807) is 4.90 Å². The van der Waals surface area contributed by atoms with E-state index in [-0.39, 0.29) is 23.8 Å². The van der Waals surface area contributed by atoms with E-state index >= 15 is 0 Å². The fourth-order valence-electron chi connectivity index (χ4n) is 4.90. The lowest BCUT2D eigenvalue weighted by Crippen LogP contribution is -2.58. The van der Waals surface area contributed by atoms with Gasteiger partial charge in [0.05, 0.1) is 11.9 Å². The molecule has 3 amide bonds. The first-order chi connectivity index (χ1) is 19.5. The summed E-state index contributed by atoms with van der Waals surface area (Å²) in [5.41, 5.74) is 0.881. The maximum Gasteiger partial charge on any atom is 0.289 e. The quantitative estimate of drug-likeness (QED) is 0.205. The summed E-state index contributed by atoms with van der Waals surface area (Å²) >= 11 is 0. The molecule has 1 aliphatic heterocycles. The van der Waals surface area contributed by atoms with E-state index < -0.39 is 29.8 Å². The monoisotopic (exact) mass is 575 g/mol. The number of hydrogen-bond acceptors (Lipinski definition) is 6. The van der Waals surface area contributed by atoms with Gasteiger partial charge in [0.1, 0.15) is 12.1 Å². The molecule has 0 aromatic heterocycles. The number of hydrogen-bond donors (Lipinski definition) is 4. The minimum Gasteiger partial charge on any atom is -0.375 e. The van der Waals surface area contributed by atoms with Crippen LogP contribution in [-0.4, -0.2) is 66.7 Å². The van der Waals surface area contributed by atoms with Gasteiger partial charge in [-0.15, -0.1) is 6.58 Å². The SMILES string of the molecule is C=CCNC(=O)C(=O)C(CC1CCC1)NC(=O)C1CCCN1C(=O)C(NC(NC)=C1CC1)C(C)(C)C.CC.CCC. The van der Waals surface area contributed by atoms with Crippen LogP contribution in [0.1, 0.15) is 106 Å². The molecule has 1 heterocycles. The van der Waals surface area contributed by atoms with Crippen LogP contribution in [0, 0.1) is 11.3 Å². The second-order valence-corrected chi connectivity index (χ2v) is 12.0. The van der Waals surface area contributed by atoms with E-state index in [1.807, 2.05) is 41.7 Å². The molecule has 0 spiro atoms. The summed E-state index contributed by atoms with van der Waals surface area (Å²) in [5, 5.41) is 11.9. The van der Waals surface area contributed by atoms with Gasteiger partial charge < -0.3 is 26.2 Å². The van der Waals surface area contributed by atoms with Crippen molar-refractivity contribution in [2.45, 2.75) is 124 Å². The second kappa shape index (κ2) is 17.9. The highest BCUT2D eigenvalue weighted by atomic mass is 16.2. The summed E-state index contributed by atoms with van der Waals surface area (Å²) in [6, 6.07) is -2.07. The van der Waals surface area contributed by atoms with E-state index in [0.29, 0.717) is 31.7 Å². The van der Waals surface area contributed by atoms with Crippen molar-refractivity contribution in [3.05, 3.63) is 24.0 Å². The predicted octanol–water partition coefficient (Wildman–Crippen LogP) is 4.20. The van der Waals surface area contributed by atoms with Crippen molar-refractivity contribution in [3.8, 4) is 0 Å². The van der Waals surface area contributed by atoms with Crippen molar-refractivity contribution in [1.82, 2.24) is 26.2 Å². The number of amides is 3. The predicted molar refractivity (Wildman–Crippen MR) is 166 cm³/mol. The zero-order valence-corrected chi connectivity index (χ0v) is 27.0. The average molecular weight is 576 g/mol. The summed E-state index contributed by atoms with van der Waals surface area (Å²) in [7, 11) is 1.84. The molecule has 9 nitrogen and oxygen atoms in total. The molecule has 0 aromatic rings. The minimum atomic E-state index is -0.891. The number of carbonyl (C=O) groups is 4. The molecular weight excluding hydrogens is 518 g/mol. The van der Waals surface area contributed by atoms with Crippen LogP contribution in [0.4, 0.5) is 0 Å². The van der Waals surface area contributed by atoms with Crippen LogP contribution >= 0.6 is 0 Å². The molecule has 3 rings (SSSR count). The molecule has 3 atom stereocenters. The fourth-order valence-corrected chi connectivity index (χ4v) is 4.90. The van der Waals surface area contributed by atoms with Crippen molar-refractivity contribution in [1.29, 1.82) is 0 Å². The van der Waals surface area contributed by atoms with E-state index in [1.165, 1.54) is 18.1 Å². The zero-order chi connectivity index (χ0) is 31.2. The smallest absolute Gasteiger partial charge is 0.289 e. The van der Waals surface area contributed by atoms with Gasteiger partial charge in [-0.05, 0) is 49.0 Å². The number of allylic oxidation sites excluding steroid dienone is 1. The summed E-state index contributed by atoms with van der Waals surface area (Å²) in [6.07, 6.45) is 9.54. The van der Waals surface area contributed by atoms with Gasteiger partial charge in [-0.1, -0.05) is 80.2 Å². The number of likely N-dealkylation sites (tertiary alicyclic amines) is 1. The first-order valence-electron chi connectivity index (χ1n) is 15.7. The summed E-state index contributed by atoms with van der Waals surface area (Å²) in [6.45, 7) is 18.5. The van der Waals surface area contributed by atoms with Gasteiger partial charge in [0.25, 0.3) is 5.91 Å². The zero-order valence-electron chi connectivity index (χ0n) is 27.0. The van der Waals surface area contributed by atoms with E-state index in [0.717, 1.165) is 37.9 Å². The molecule has 0 aromatic carbocycles. The van der Waals surface area contributed by atoms with Gasteiger partial charge in [0.15, 0.2) is 0 Å². The third kappa shape index (κ3) is 11.2. The normalized spacial score (nSPS) is 19.1. The molecule has 3 aliphatic rings. The Hall–Kier alpha value is -2.84. The maximum atomic E-state index is 13.8. The summed E-state index contributed by atoms with van der Waals surface area (Å²) < 4.78 is 0. The van der Waals surface area contributed by atoms with Crippen LogP contribution in [0.25, 0.3) is 0 Å². The molecular formula is C32H57N5O4. The highest BCUT2D eigenvalue weighted by Gasteiger charge is 2.43. The number of ketones is 1. The molecule has 9 heteroatoms. The third-order valence-corrected chi connectivity index (χ3v) is 7.40. The summed E-state index contributed by atoms with van der Waals surface area (Å²) in [4.78, 5) is 54.1. The third-order valence-electron chi connectivity index (χ3n) is 7.40. The first kappa shape index (κ1) is 36.2. The van der Waals surface area contributed by atoms with Crippen molar-refractivity contribution < 1.29 is 19.2 Å². The van der Waals surface area contributed by atoms with Crippen LogP contribution in [0.3, 0.4) is 0 Å². The maximum absolute atomic E-state index is 13.8. The first-order valence-corrected chi connectivity index (χ1v) is 15.7. The van der Waals surface area contributed by atoms with E-state index in [4.69, 9.17) is 0 Å². The Morgan fingerprint density at radius 3 is 2.10 bits per heavy atom. The van der Waals surface area contributed by atoms with E-state index in [9.17, 15) is 19.2 Å². The molecule has 3 unspecified atom stereocenters. The Labute approximate surface area is 248 Å². The number of carbonyl (C=O) groups excluding carboxylic acids is 4. The summed E-state index contributed by atoms with van der Waals surface area (Å²) in [5.74, 6) is -0.643. The molecule has 4 N–H and O–H groups in total. The Bertz CT molecular complexity index is 914. The van der Waals surface area contributed by atoms with Gasteiger partial charge in [0, 0.05) is 20.1 Å². The van der Waals surface area contributed by atoms with Crippen molar-refractivity contribution in [2.75, 3.05) is 20.1 Å². The molecule has 2 aliphatic carbocycles. The van der Waals surface area contributed by atoms with Gasteiger partial charge in [-0.2, -0.15) is 0 Å². The highest BCUT2D eigenvalue weighted by molar-refractivity contribution is 6.38. The molecule has 41 heavy (non-hydrogen) atoms. The van der Waals surface area contributed by atoms with Crippen molar-refractivity contribution >= 4 is 23.5 Å². The second-order valence-electron chi connectivity index (χ2n) is 12.0. The molecule has 3 fully saturated rings. The molecule has 1 saturated heterocycles. The minimum absolute atomic E-state index is 0.125. The van der Waals surface area contributed by atoms with Gasteiger partial charge >= 0.3 is 0 Å². The Balaban J connectivity index is 0.00000157. The highest BCUT2D eigenvalue weighted by Crippen LogP contribution is 2.33. The molecule has 2 saturated carbocycles. The lowest BCUT2D eigenvalue weighted by molar-refractivity contribution is -0.144. The van der Waals surface area contributed by atoms with Crippen LogP contribution < -0.4 is 21.3 Å². The topological polar surface area (TPSA) is 120 Å².